The van der Waals surface area contributed by atoms with Crippen LogP contribution in [-0.2, 0) is 19.4 Å². The van der Waals surface area contributed by atoms with Gasteiger partial charge in [0, 0.05) is 19.2 Å². The van der Waals surface area contributed by atoms with Gasteiger partial charge in [0.25, 0.3) is 5.56 Å². The van der Waals surface area contributed by atoms with Crippen molar-refractivity contribution in [2.45, 2.75) is 32.7 Å². The average molecular weight is 373 g/mol. The van der Waals surface area contributed by atoms with E-state index in [0.29, 0.717) is 29.0 Å². The maximum Gasteiger partial charge on any atom is 0.261 e. The molecule has 0 amide bonds. The first-order chi connectivity index (χ1) is 13.7. The van der Waals surface area contributed by atoms with Crippen LogP contribution in [0.4, 0.5) is 0 Å². The Morgan fingerprint density at radius 2 is 1.93 bits per heavy atom. The van der Waals surface area contributed by atoms with Crippen LogP contribution in [0, 0.1) is 0 Å². The fraction of sp³-hybridized carbons (Fsp3) is 0.250. The van der Waals surface area contributed by atoms with Gasteiger partial charge in [0.05, 0.1) is 22.5 Å². The zero-order valence-electron chi connectivity index (χ0n) is 15.5. The van der Waals surface area contributed by atoms with E-state index in [4.69, 9.17) is 0 Å². The highest BCUT2D eigenvalue weighted by Crippen LogP contribution is 2.21. The lowest BCUT2D eigenvalue weighted by Crippen LogP contribution is -2.11. The second-order valence-corrected chi connectivity index (χ2v) is 6.83. The van der Waals surface area contributed by atoms with E-state index in [1.165, 1.54) is 5.56 Å². The summed E-state index contributed by atoms with van der Waals surface area (Å²) in [5, 5.41) is 10.4. The topological polar surface area (TPSA) is 93.8 Å². The van der Waals surface area contributed by atoms with Gasteiger partial charge in [-0.25, -0.2) is 9.67 Å². The Labute approximate surface area is 159 Å². The van der Waals surface area contributed by atoms with Crippen LogP contribution >= 0.6 is 0 Å². The van der Waals surface area contributed by atoms with E-state index in [9.17, 15) is 4.79 Å². The highest BCUT2D eigenvalue weighted by molar-refractivity contribution is 6.01. The lowest BCUT2D eigenvalue weighted by molar-refractivity contribution is 0.630. The largest absolute Gasteiger partial charge is 0.290 e. The molecule has 0 aliphatic heterocycles. The molecule has 0 atom stereocenters. The molecule has 0 saturated carbocycles. The number of pyridine rings is 1. The molecule has 1 aromatic carbocycles. The number of aromatic nitrogens is 7. The first kappa shape index (κ1) is 16.6. The van der Waals surface area contributed by atoms with Crippen LogP contribution in [0.15, 0.2) is 47.5 Å². The Bertz CT molecular complexity index is 1350. The summed E-state index contributed by atoms with van der Waals surface area (Å²) in [4.78, 5) is 24.3. The van der Waals surface area contributed by atoms with Crippen molar-refractivity contribution >= 4 is 27.7 Å². The fourth-order valence-electron chi connectivity index (χ4n) is 3.54. The van der Waals surface area contributed by atoms with Crippen molar-refractivity contribution in [2.75, 3.05) is 0 Å². The zero-order chi connectivity index (χ0) is 19.1. The second-order valence-electron chi connectivity index (χ2n) is 6.83. The number of H-pyrrole nitrogens is 1. The predicted molar refractivity (Wildman–Crippen MR) is 106 cm³/mol. The van der Waals surface area contributed by atoms with Gasteiger partial charge >= 0.3 is 0 Å². The molecule has 8 nitrogen and oxygen atoms in total. The van der Waals surface area contributed by atoms with Crippen molar-refractivity contribution in [3.8, 4) is 0 Å². The summed E-state index contributed by atoms with van der Waals surface area (Å²) in [5.74, 6) is 1.16. The quantitative estimate of drug-likeness (QED) is 0.511. The number of aromatic amines is 1. The number of rotatable bonds is 5. The predicted octanol–water partition coefficient (Wildman–Crippen LogP) is 2.51. The molecule has 0 aliphatic rings. The molecule has 0 radical (unpaired) electrons. The minimum atomic E-state index is -0.218. The number of nitrogens with one attached hydrogen (secondary N) is 1. The van der Waals surface area contributed by atoms with Crippen molar-refractivity contribution < 1.29 is 0 Å². The Morgan fingerprint density at radius 1 is 1.07 bits per heavy atom. The molecule has 140 valence electrons. The molecule has 4 heterocycles. The van der Waals surface area contributed by atoms with E-state index in [2.05, 4.69) is 44.2 Å². The summed E-state index contributed by atoms with van der Waals surface area (Å²) < 4.78 is 3.58. The first-order valence-electron chi connectivity index (χ1n) is 9.40. The van der Waals surface area contributed by atoms with E-state index in [-0.39, 0.29) is 5.56 Å². The minimum Gasteiger partial charge on any atom is -0.290 e. The van der Waals surface area contributed by atoms with Crippen LogP contribution in [-0.4, -0.2) is 34.3 Å². The average Bonchev–Trinajstić information content (AvgIpc) is 3.31. The maximum absolute atomic E-state index is 12.5. The van der Waals surface area contributed by atoms with Crippen LogP contribution in [0.1, 0.15) is 24.7 Å². The first-order valence-corrected chi connectivity index (χ1v) is 9.40. The van der Waals surface area contributed by atoms with Gasteiger partial charge in [-0.3, -0.25) is 9.78 Å². The fourth-order valence-corrected chi connectivity index (χ4v) is 3.54. The molecule has 0 unspecified atom stereocenters. The SMILES string of the molecule is CCCc1nc2[nH]c(=O)c3cnc4c(cnn4CCc4ccccc4)c3n2n1. The number of hydrogen-bond acceptors (Lipinski definition) is 5. The summed E-state index contributed by atoms with van der Waals surface area (Å²) in [6.07, 6.45) is 5.91. The van der Waals surface area contributed by atoms with Gasteiger partial charge in [-0.05, 0) is 18.4 Å². The highest BCUT2D eigenvalue weighted by atomic mass is 16.1. The molecule has 0 fully saturated rings. The van der Waals surface area contributed by atoms with Gasteiger partial charge in [-0.2, -0.15) is 14.6 Å². The summed E-state index contributed by atoms with van der Waals surface area (Å²) in [7, 11) is 0. The van der Waals surface area contributed by atoms with Crippen LogP contribution in [0.3, 0.4) is 0 Å². The van der Waals surface area contributed by atoms with Crippen LogP contribution < -0.4 is 5.56 Å². The summed E-state index contributed by atoms with van der Waals surface area (Å²) >= 11 is 0. The molecule has 4 aromatic heterocycles. The molecular formula is C20H19N7O. The van der Waals surface area contributed by atoms with E-state index >= 15 is 0 Å². The Kier molecular flexibility index (Phi) is 3.89. The Morgan fingerprint density at radius 3 is 2.75 bits per heavy atom. The van der Waals surface area contributed by atoms with Gasteiger partial charge in [-0.15, -0.1) is 5.10 Å². The van der Waals surface area contributed by atoms with Crippen molar-refractivity contribution in [2.24, 2.45) is 0 Å². The second kappa shape index (κ2) is 6.56. The molecule has 28 heavy (non-hydrogen) atoms. The highest BCUT2D eigenvalue weighted by Gasteiger charge is 2.16. The Hall–Kier alpha value is -3.55. The van der Waals surface area contributed by atoms with Crippen LogP contribution in [0.25, 0.3) is 27.7 Å². The lowest BCUT2D eigenvalue weighted by Gasteiger charge is -2.05. The molecule has 1 N–H and O–H groups in total. The van der Waals surface area contributed by atoms with Crippen molar-refractivity contribution in [1.29, 1.82) is 0 Å². The molecule has 0 spiro atoms. The summed E-state index contributed by atoms with van der Waals surface area (Å²) in [5.41, 5.74) is 2.46. The number of aryl methyl sites for hydroxylation is 3. The molecule has 0 aliphatic carbocycles. The van der Waals surface area contributed by atoms with Gasteiger partial charge < -0.3 is 0 Å². The number of fused-ring (bicyclic) bond motifs is 5. The number of nitrogens with zero attached hydrogens (tertiary/aromatic N) is 6. The monoisotopic (exact) mass is 373 g/mol. The third kappa shape index (κ3) is 2.65. The van der Waals surface area contributed by atoms with E-state index in [1.807, 2.05) is 22.9 Å². The molecule has 5 rings (SSSR count). The maximum atomic E-state index is 12.5. The van der Waals surface area contributed by atoms with Crippen LogP contribution in [0.2, 0.25) is 0 Å². The lowest BCUT2D eigenvalue weighted by atomic mass is 10.1. The molecule has 8 heteroatoms. The van der Waals surface area contributed by atoms with Crippen molar-refractivity contribution in [3.63, 3.8) is 0 Å². The van der Waals surface area contributed by atoms with E-state index < -0.39 is 0 Å². The minimum absolute atomic E-state index is 0.218. The summed E-state index contributed by atoms with van der Waals surface area (Å²) in [6.45, 7) is 2.78. The smallest absolute Gasteiger partial charge is 0.261 e. The normalized spacial score (nSPS) is 11.8. The van der Waals surface area contributed by atoms with Gasteiger partial charge in [-0.1, -0.05) is 37.3 Å². The molecule has 5 aromatic rings. The molecule has 0 bridgehead atoms. The standard InChI is InChI=1S/C20H19N7O/c1-2-6-16-23-20-24-19(28)15-11-21-18-14(17(15)27(20)25-16)12-22-26(18)10-9-13-7-4-3-5-8-13/h3-5,7-8,11-12H,2,6,9-10H2,1H3,(H,23,24,25,28). The van der Waals surface area contributed by atoms with E-state index in [0.717, 1.165) is 30.3 Å². The zero-order valence-corrected chi connectivity index (χ0v) is 15.5. The van der Waals surface area contributed by atoms with E-state index in [1.54, 1.807) is 16.9 Å². The van der Waals surface area contributed by atoms with Gasteiger partial charge in [0.2, 0.25) is 5.78 Å². The molecular weight excluding hydrogens is 354 g/mol. The molecule has 0 saturated heterocycles. The Balaban J connectivity index is 1.66. The third-order valence-corrected chi connectivity index (χ3v) is 4.90. The van der Waals surface area contributed by atoms with Crippen molar-refractivity contribution in [1.82, 2.24) is 34.3 Å². The van der Waals surface area contributed by atoms with Gasteiger partial charge in [0.1, 0.15) is 0 Å². The number of hydrogen-bond donors (Lipinski definition) is 1. The van der Waals surface area contributed by atoms with Gasteiger partial charge in [0.15, 0.2) is 11.5 Å². The number of benzene rings is 1. The third-order valence-electron chi connectivity index (χ3n) is 4.90. The summed E-state index contributed by atoms with van der Waals surface area (Å²) in [6, 6.07) is 10.3. The van der Waals surface area contributed by atoms with Crippen molar-refractivity contribution in [3.05, 3.63) is 64.5 Å². The van der Waals surface area contributed by atoms with Crippen LogP contribution in [0.5, 0.6) is 0 Å².